The number of aryl methyl sites for hydroxylation is 1. The fraction of sp³-hybridized carbons (Fsp3) is 0.458. The maximum atomic E-state index is 12.2. The third-order valence-electron chi connectivity index (χ3n) is 5.67. The largest absolute Gasteiger partial charge is 0.465 e. The molecule has 2 aromatic carbocycles. The molecule has 3 rings (SSSR count). The molecule has 0 saturated heterocycles. The number of methoxy groups -OCH3 is 1. The molecule has 4 heteroatoms. The molecule has 0 aliphatic heterocycles. The van der Waals surface area contributed by atoms with Crippen LogP contribution in [-0.4, -0.2) is 26.2 Å². The molecule has 0 aromatic heterocycles. The number of hydrogen-bond acceptors (Lipinski definition) is 3. The number of esters is 1. The van der Waals surface area contributed by atoms with Gasteiger partial charge in [-0.05, 0) is 73.5 Å². The van der Waals surface area contributed by atoms with Crippen molar-refractivity contribution in [1.29, 1.82) is 0 Å². The standard InChI is InChI=1S/C24H31NO2.ClH/c1-18-8-6-7-11-21(18)23-16-19(12-13-22(23)24(26)27-2)14-15-25-17-20-9-4-3-5-10-20;/h6-8,11-13,16,20,25H,3-5,9-10,14-15,17H2,1-2H3;1H. The molecule has 0 unspecified atom stereocenters. The Kier molecular flexibility index (Phi) is 9.01. The summed E-state index contributed by atoms with van der Waals surface area (Å²) in [4.78, 5) is 12.2. The minimum atomic E-state index is -0.282. The first-order valence-electron chi connectivity index (χ1n) is 10.2. The van der Waals surface area contributed by atoms with Gasteiger partial charge in [0.2, 0.25) is 0 Å². The van der Waals surface area contributed by atoms with E-state index in [1.165, 1.54) is 44.8 Å². The van der Waals surface area contributed by atoms with E-state index in [-0.39, 0.29) is 18.4 Å². The second kappa shape index (κ2) is 11.2. The lowest BCUT2D eigenvalue weighted by Crippen LogP contribution is -2.26. The van der Waals surface area contributed by atoms with Crippen LogP contribution in [-0.2, 0) is 11.2 Å². The molecule has 1 aliphatic carbocycles. The zero-order valence-electron chi connectivity index (χ0n) is 17.0. The normalized spacial score (nSPS) is 14.4. The Morgan fingerprint density at radius 1 is 1.07 bits per heavy atom. The van der Waals surface area contributed by atoms with E-state index in [2.05, 4.69) is 36.5 Å². The Morgan fingerprint density at radius 2 is 1.82 bits per heavy atom. The van der Waals surface area contributed by atoms with Crippen LogP contribution in [0.2, 0.25) is 0 Å². The van der Waals surface area contributed by atoms with Crippen molar-refractivity contribution >= 4 is 18.4 Å². The monoisotopic (exact) mass is 401 g/mol. The van der Waals surface area contributed by atoms with Crippen molar-refractivity contribution < 1.29 is 9.53 Å². The van der Waals surface area contributed by atoms with Crippen LogP contribution in [0.25, 0.3) is 11.1 Å². The van der Waals surface area contributed by atoms with E-state index < -0.39 is 0 Å². The molecule has 0 atom stereocenters. The van der Waals surface area contributed by atoms with E-state index in [0.717, 1.165) is 42.1 Å². The van der Waals surface area contributed by atoms with Gasteiger partial charge in [0, 0.05) is 0 Å². The molecule has 0 spiro atoms. The van der Waals surface area contributed by atoms with Crippen LogP contribution in [0.15, 0.2) is 42.5 Å². The van der Waals surface area contributed by atoms with E-state index in [0.29, 0.717) is 5.56 Å². The first-order chi connectivity index (χ1) is 13.2. The van der Waals surface area contributed by atoms with Crippen LogP contribution in [0, 0.1) is 12.8 Å². The molecular formula is C24H32ClNO2. The molecule has 1 fully saturated rings. The van der Waals surface area contributed by atoms with Crippen LogP contribution < -0.4 is 5.32 Å². The number of halogens is 1. The van der Waals surface area contributed by atoms with E-state index in [1.807, 2.05) is 18.2 Å². The molecule has 0 bridgehead atoms. The van der Waals surface area contributed by atoms with Gasteiger partial charge in [0.25, 0.3) is 0 Å². The van der Waals surface area contributed by atoms with Gasteiger partial charge in [0.1, 0.15) is 0 Å². The topological polar surface area (TPSA) is 38.3 Å². The summed E-state index contributed by atoms with van der Waals surface area (Å²) >= 11 is 0. The third-order valence-corrected chi connectivity index (χ3v) is 5.67. The van der Waals surface area contributed by atoms with E-state index in [1.54, 1.807) is 0 Å². The SMILES string of the molecule is COC(=O)c1ccc(CCNCC2CCCCC2)cc1-c1ccccc1C.Cl. The minimum Gasteiger partial charge on any atom is -0.465 e. The van der Waals surface area contributed by atoms with Crippen LogP contribution >= 0.6 is 12.4 Å². The second-order valence-corrected chi connectivity index (χ2v) is 7.64. The van der Waals surface area contributed by atoms with Crippen molar-refractivity contribution in [3.8, 4) is 11.1 Å². The van der Waals surface area contributed by atoms with Gasteiger partial charge in [-0.1, -0.05) is 55.7 Å². The van der Waals surface area contributed by atoms with E-state index >= 15 is 0 Å². The predicted molar refractivity (Wildman–Crippen MR) is 118 cm³/mol. The zero-order valence-corrected chi connectivity index (χ0v) is 17.8. The quantitative estimate of drug-likeness (QED) is 0.486. The number of carbonyl (C=O) groups excluding carboxylic acids is 1. The Labute approximate surface area is 175 Å². The summed E-state index contributed by atoms with van der Waals surface area (Å²) < 4.78 is 4.99. The lowest BCUT2D eigenvalue weighted by Gasteiger charge is -2.21. The molecule has 2 aromatic rings. The Balaban J connectivity index is 0.00000280. The number of nitrogens with one attached hydrogen (secondary N) is 1. The maximum Gasteiger partial charge on any atom is 0.338 e. The van der Waals surface area contributed by atoms with Crippen molar-refractivity contribution in [1.82, 2.24) is 5.32 Å². The van der Waals surface area contributed by atoms with Crippen molar-refractivity contribution in [2.24, 2.45) is 5.92 Å². The summed E-state index contributed by atoms with van der Waals surface area (Å²) in [6.45, 7) is 4.18. The predicted octanol–water partition coefficient (Wildman–Crippen LogP) is 5.58. The van der Waals surface area contributed by atoms with Crippen molar-refractivity contribution in [3.05, 3.63) is 59.2 Å². The lowest BCUT2D eigenvalue weighted by molar-refractivity contribution is 0.0601. The highest BCUT2D eigenvalue weighted by atomic mass is 35.5. The van der Waals surface area contributed by atoms with Gasteiger partial charge in [-0.2, -0.15) is 0 Å². The van der Waals surface area contributed by atoms with Gasteiger partial charge in [0.15, 0.2) is 0 Å². The van der Waals surface area contributed by atoms with E-state index in [4.69, 9.17) is 4.74 Å². The Morgan fingerprint density at radius 3 is 2.54 bits per heavy atom. The molecule has 0 radical (unpaired) electrons. The second-order valence-electron chi connectivity index (χ2n) is 7.64. The van der Waals surface area contributed by atoms with Gasteiger partial charge >= 0.3 is 5.97 Å². The zero-order chi connectivity index (χ0) is 19.1. The maximum absolute atomic E-state index is 12.2. The molecule has 0 amide bonds. The number of ether oxygens (including phenoxy) is 1. The summed E-state index contributed by atoms with van der Waals surface area (Å²) in [6.07, 6.45) is 7.90. The molecular weight excluding hydrogens is 370 g/mol. The average Bonchev–Trinajstić information content (AvgIpc) is 2.72. The summed E-state index contributed by atoms with van der Waals surface area (Å²) in [7, 11) is 1.44. The molecule has 1 N–H and O–H groups in total. The highest BCUT2D eigenvalue weighted by Crippen LogP contribution is 2.29. The molecule has 1 saturated carbocycles. The fourth-order valence-corrected chi connectivity index (χ4v) is 4.06. The van der Waals surface area contributed by atoms with Crippen LogP contribution in [0.4, 0.5) is 0 Å². The number of benzene rings is 2. The van der Waals surface area contributed by atoms with Crippen molar-refractivity contribution in [2.75, 3.05) is 20.2 Å². The number of rotatable bonds is 7. The van der Waals surface area contributed by atoms with Crippen molar-refractivity contribution in [2.45, 2.75) is 45.4 Å². The van der Waals surface area contributed by atoms with Gasteiger partial charge in [-0.15, -0.1) is 12.4 Å². The summed E-state index contributed by atoms with van der Waals surface area (Å²) in [5.41, 5.74) is 5.10. The average molecular weight is 402 g/mol. The Bertz CT molecular complexity index is 769. The summed E-state index contributed by atoms with van der Waals surface area (Å²) in [5, 5.41) is 3.63. The highest BCUT2D eigenvalue weighted by molar-refractivity contribution is 5.97. The van der Waals surface area contributed by atoms with Gasteiger partial charge in [-0.25, -0.2) is 4.79 Å². The smallest absolute Gasteiger partial charge is 0.338 e. The number of carbonyl (C=O) groups is 1. The highest BCUT2D eigenvalue weighted by Gasteiger charge is 2.16. The molecule has 152 valence electrons. The molecule has 0 heterocycles. The molecule has 1 aliphatic rings. The lowest BCUT2D eigenvalue weighted by atomic mass is 9.89. The molecule has 28 heavy (non-hydrogen) atoms. The van der Waals surface area contributed by atoms with Gasteiger partial charge < -0.3 is 10.1 Å². The fourth-order valence-electron chi connectivity index (χ4n) is 4.06. The third kappa shape index (κ3) is 5.83. The first kappa shape index (κ1) is 22.4. The first-order valence-corrected chi connectivity index (χ1v) is 10.2. The van der Waals surface area contributed by atoms with Crippen LogP contribution in [0.1, 0.15) is 53.6 Å². The number of hydrogen-bond donors (Lipinski definition) is 1. The minimum absolute atomic E-state index is 0. The van der Waals surface area contributed by atoms with Crippen LogP contribution in [0.3, 0.4) is 0 Å². The van der Waals surface area contributed by atoms with Gasteiger partial charge in [-0.3, -0.25) is 0 Å². The van der Waals surface area contributed by atoms with Crippen molar-refractivity contribution in [3.63, 3.8) is 0 Å². The summed E-state index contributed by atoms with van der Waals surface area (Å²) in [5.74, 6) is 0.568. The van der Waals surface area contributed by atoms with Crippen LogP contribution in [0.5, 0.6) is 0 Å². The molecule has 3 nitrogen and oxygen atoms in total. The Hall–Kier alpha value is -1.84. The summed E-state index contributed by atoms with van der Waals surface area (Å²) in [6, 6.07) is 14.3. The van der Waals surface area contributed by atoms with Gasteiger partial charge in [0.05, 0.1) is 12.7 Å². The van der Waals surface area contributed by atoms with E-state index in [9.17, 15) is 4.79 Å².